The second-order valence-corrected chi connectivity index (χ2v) is 7.68. The third-order valence-electron chi connectivity index (χ3n) is 4.39. The Kier molecular flexibility index (Phi) is 5.62. The second kappa shape index (κ2) is 8.50. The average molecular weight is 424 g/mol. The van der Waals surface area contributed by atoms with E-state index >= 15 is 0 Å². The van der Waals surface area contributed by atoms with Gasteiger partial charge in [0.25, 0.3) is 5.91 Å². The number of pyridine rings is 2. The smallest absolute Gasteiger partial charge is 0.322 e. The summed E-state index contributed by atoms with van der Waals surface area (Å²) < 4.78 is 20.4. The van der Waals surface area contributed by atoms with E-state index in [0.29, 0.717) is 27.7 Å². The molecule has 1 aliphatic rings. The maximum Gasteiger partial charge on any atom is 0.322 e. The number of carbonyl (C=O) groups excluding carboxylic acids is 2. The van der Waals surface area contributed by atoms with Crippen molar-refractivity contribution in [1.82, 2.24) is 20.6 Å². The van der Waals surface area contributed by atoms with E-state index in [1.54, 1.807) is 30.6 Å². The monoisotopic (exact) mass is 424 g/mol. The third kappa shape index (κ3) is 4.41. The van der Waals surface area contributed by atoms with Crippen LogP contribution in [0, 0.1) is 12.7 Å². The molecule has 1 aliphatic heterocycles. The quantitative estimate of drug-likeness (QED) is 0.588. The van der Waals surface area contributed by atoms with Gasteiger partial charge in [0, 0.05) is 45.7 Å². The molecule has 0 bridgehead atoms. The number of hydrogen-bond acceptors (Lipinski definition) is 6. The highest BCUT2D eigenvalue weighted by molar-refractivity contribution is 7.99. The Morgan fingerprint density at radius 1 is 1.13 bits per heavy atom. The van der Waals surface area contributed by atoms with Crippen molar-refractivity contribution < 1.29 is 18.7 Å². The van der Waals surface area contributed by atoms with Gasteiger partial charge in [-0.15, -0.1) is 0 Å². The van der Waals surface area contributed by atoms with Gasteiger partial charge in [0.1, 0.15) is 24.2 Å². The maximum atomic E-state index is 14.7. The van der Waals surface area contributed by atoms with Crippen molar-refractivity contribution in [2.45, 2.75) is 29.4 Å². The molecule has 9 heteroatoms. The number of ether oxygens (including phenoxy) is 1. The molecule has 4 rings (SSSR count). The summed E-state index contributed by atoms with van der Waals surface area (Å²) in [7, 11) is 0. The van der Waals surface area contributed by atoms with E-state index in [-0.39, 0.29) is 0 Å². The van der Waals surface area contributed by atoms with Gasteiger partial charge in [-0.1, -0.05) is 11.8 Å². The van der Waals surface area contributed by atoms with Crippen molar-refractivity contribution in [3.05, 3.63) is 77.6 Å². The molecule has 2 aromatic heterocycles. The van der Waals surface area contributed by atoms with E-state index in [0.717, 1.165) is 23.0 Å². The Hall–Kier alpha value is -3.46. The molecule has 30 heavy (non-hydrogen) atoms. The number of halogens is 1. The summed E-state index contributed by atoms with van der Waals surface area (Å²) >= 11 is 1.15. The fourth-order valence-electron chi connectivity index (χ4n) is 2.97. The van der Waals surface area contributed by atoms with Gasteiger partial charge in [0.05, 0.1) is 0 Å². The Morgan fingerprint density at radius 2 is 2.00 bits per heavy atom. The van der Waals surface area contributed by atoms with Gasteiger partial charge in [0.2, 0.25) is 0 Å². The first-order valence-corrected chi connectivity index (χ1v) is 9.88. The van der Waals surface area contributed by atoms with Gasteiger partial charge in [-0.2, -0.15) is 0 Å². The van der Waals surface area contributed by atoms with Crippen LogP contribution in [0.2, 0.25) is 0 Å². The molecule has 0 aliphatic carbocycles. The zero-order chi connectivity index (χ0) is 21.1. The summed E-state index contributed by atoms with van der Waals surface area (Å²) in [6.45, 7) is 2.20. The molecule has 1 saturated heterocycles. The highest BCUT2D eigenvalue weighted by atomic mass is 32.2. The van der Waals surface area contributed by atoms with E-state index in [2.05, 4.69) is 20.6 Å². The normalized spacial score (nSPS) is 15.6. The number of aryl methyl sites for hydroxylation is 1. The van der Waals surface area contributed by atoms with Crippen molar-refractivity contribution in [3.8, 4) is 5.75 Å². The van der Waals surface area contributed by atoms with Crippen LogP contribution >= 0.6 is 11.8 Å². The molecule has 152 valence electrons. The minimum absolute atomic E-state index is 0.306. The minimum atomic E-state index is -0.858. The predicted octanol–water partition coefficient (Wildman–Crippen LogP) is 3.53. The Labute approximate surface area is 176 Å². The van der Waals surface area contributed by atoms with Crippen LogP contribution in [-0.2, 0) is 11.4 Å². The summed E-state index contributed by atoms with van der Waals surface area (Å²) in [4.78, 5) is 32.6. The number of benzene rings is 1. The lowest BCUT2D eigenvalue weighted by Crippen LogP contribution is -2.22. The molecule has 3 aromatic rings. The molecule has 0 spiro atoms. The number of amides is 3. The molecular weight excluding hydrogens is 407 g/mol. The van der Waals surface area contributed by atoms with Crippen LogP contribution in [0.4, 0.5) is 9.18 Å². The first-order valence-electron chi connectivity index (χ1n) is 9.06. The van der Waals surface area contributed by atoms with Gasteiger partial charge in [0.15, 0.2) is 0 Å². The number of nitrogens with zero attached hydrogens (tertiary/aromatic N) is 2. The van der Waals surface area contributed by atoms with Crippen LogP contribution in [0.3, 0.4) is 0 Å². The fraction of sp³-hybridized carbons (Fsp3) is 0.143. The third-order valence-corrected chi connectivity index (χ3v) is 5.53. The SMILES string of the molecule is Cc1cc(COc2ccc(Sc3ccncc3C3NC(=O)NC3=O)c(F)c2)ccn1. The molecular formula is C21H17FN4O3S. The van der Waals surface area contributed by atoms with Gasteiger partial charge < -0.3 is 10.1 Å². The van der Waals surface area contributed by atoms with Crippen LogP contribution < -0.4 is 15.4 Å². The lowest BCUT2D eigenvalue weighted by atomic mass is 10.1. The number of urea groups is 1. The molecule has 1 atom stereocenters. The van der Waals surface area contributed by atoms with E-state index < -0.39 is 23.8 Å². The topological polar surface area (TPSA) is 93.2 Å². The highest BCUT2D eigenvalue weighted by Gasteiger charge is 2.32. The standard InChI is InChI=1S/C21H17FN4O3S/c1-12-8-13(4-7-24-12)11-29-14-2-3-18(16(22)9-14)30-17-5-6-23-10-15(17)19-20(27)26-21(28)25-19/h2-10,19H,11H2,1H3,(H2,25,26,27,28). The van der Waals surface area contributed by atoms with Gasteiger partial charge in [-0.05, 0) is 42.8 Å². The summed E-state index contributed by atoms with van der Waals surface area (Å²) in [5.74, 6) is -0.514. The van der Waals surface area contributed by atoms with Crippen molar-refractivity contribution in [2.24, 2.45) is 0 Å². The zero-order valence-corrected chi connectivity index (χ0v) is 16.7. The van der Waals surface area contributed by atoms with E-state index in [1.807, 2.05) is 19.1 Å². The Bertz CT molecular complexity index is 1120. The van der Waals surface area contributed by atoms with Crippen molar-refractivity contribution in [2.75, 3.05) is 0 Å². The first-order chi connectivity index (χ1) is 14.5. The van der Waals surface area contributed by atoms with Crippen molar-refractivity contribution in [1.29, 1.82) is 0 Å². The highest BCUT2D eigenvalue weighted by Crippen LogP contribution is 2.36. The maximum absolute atomic E-state index is 14.7. The number of nitrogens with one attached hydrogen (secondary N) is 2. The number of imide groups is 1. The Balaban J connectivity index is 1.49. The molecule has 7 nitrogen and oxygen atoms in total. The molecule has 1 aromatic carbocycles. The summed E-state index contributed by atoms with van der Waals surface area (Å²) in [5.41, 5.74) is 2.33. The summed E-state index contributed by atoms with van der Waals surface area (Å²) in [5, 5.41) is 4.72. The number of carbonyl (C=O) groups is 2. The van der Waals surface area contributed by atoms with Crippen molar-refractivity contribution in [3.63, 3.8) is 0 Å². The number of rotatable bonds is 6. The van der Waals surface area contributed by atoms with E-state index in [9.17, 15) is 14.0 Å². The van der Waals surface area contributed by atoms with Gasteiger partial charge >= 0.3 is 6.03 Å². The largest absolute Gasteiger partial charge is 0.489 e. The molecule has 1 unspecified atom stereocenters. The van der Waals surface area contributed by atoms with Crippen LogP contribution in [0.15, 0.2) is 64.8 Å². The molecule has 0 radical (unpaired) electrons. The van der Waals surface area contributed by atoms with Crippen molar-refractivity contribution >= 4 is 23.7 Å². The zero-order valence-electron chi connectivity index (χ0n) is 15.9. The fourth-order valence-corrected chi connectivity index (χ4v) is 3.92. The Morgan fingerprint density at radius 3 is 2.73 bits per heavy atom. The van der Waals surface area contributed by atoms with Crippen LogP contribution in [0.25, 0.3) is 0 Å². The van der Waals surface area contributed by atoms with Crippen LogP contribution in [0.5, 0.6) is 5.75 Å². The lowest BCUT2D eigenvalue weighted by Gasteiger charge is -2.13. The molecule has 3 amide bonds. The first kappa shape index (κ1) is 19.8. The second-order valence-electron chi connectivity index (χ2n) is 6.60. The van der Waals surface area contributed by atoms with Crippen LogP contribution in [0.1, 0.15) is 22.9 Å². The molecule has 1 fully saturated rings. The van der Waals surface area contributed by atoms with Gasteiger partial charge in [-0.3, -0.25) is 20.1 Å². The molecule has 2 N–H and O–H groups in total. The van der Waals surface area contributed by atoms with E-state index in [1.165, 1.54) is 12.3 Å². The van der Waals surface area contributed by atoms with Gasteiger partial charge in [-0.25, -0.2) is 9.18 Å². The molecule has 3 heterocycles. The number of hydrogen-bond donors (Lipinski definition) is 2. The number of aromatic nitrogens is 2. The molecule has 0 saturated carbocycles. The summed E-state index contributed by atoms with van der Waals surface area (Å²) in [6, 6.07) is 8.62. The van der Waals surface area contributed by atoms with Crippen LogP contribution in [-0.4, -0.2) is 21.9 Å². The summed E-state index contributed by atoms with van der Waals surface area (Å²) in [6.07, 6.45) is 4.74. The predicted molar refractivity (Wildman–Crippen MR) is 107 cm³/mol. The average Bonchev–Trinajstić information content (AvgIpc) is 3.06. The van der Waals surface area contributed by atoms with E-state index in [4.69, 9.17) is 4.74 Å². The lowest BCUT2D eigenvalue weighted by molar-refractivity contribution is -0.120. The minimum Gasteiger partial charge on any atom is -0.489 e.